The fourth-order valence-corrected chi connectivity index (χ4v) is 5.07. The summed E-state index contributed by atoms with van der Waals surface area (Å²) in [6, 6.07) is 21.7. The van der Waals surface area contributed by atoms with Gasteiger partial charge in [-0.3, -0.25) is 4.79 Å². The van der Waals surface area contributed by atoms with Crippen LogP contribution in [0.2, 0.25) is 0 Å². The first-order valence-corrected chi connectivity index (χ1v) is 12.2. The number of hydrogen-bond donors (Lipinski definition) is 1. The highest BCUT2D eigenvalue weighted by molar-refractivity contribution is 7.89. The first-order chi connectivity index (χ1) is 15.7. The van der Waals surface area contributed by atoms with Crippen LogP contribution < -0.4 is 10.1 Å². The molecule has 0 aliphatic carbocycles. The van der Waals surface area contributed by atoms with Crippen LogP contribution in [0.15, 0.2) is 77.7 Å². The number of aryl methyl sites for hydroxylation is 1. The van der Waals surface area contributed by atoms with Crippen LogP contribution in [0, 0.1) is 6.92 Å². The Morgan fingerprint density at radius 3 is 2.27 bits per heavy atom. The van der Waals surface area contributed by atoms with Crippen LogP contribution in [0.5, 0.6) is 5.75 Å². The fourth-order valence-electron chi connectivity index (χ4n) is 3.45. The standard InChI is InChI=1S/C26H30N2O4S/c1-19(2)22-11-13-23(14-12-22)27-26(29)18-28(17-21-8-6-5-7-9-21)33(30,31)25-16-20(3)10-15-24(25)32-4/h5-16,19H,17-18H2,1-4H3,(H,27,29). The molecule has 0 radical (unpaired) electrons. The third-order valence-corrected chi connectivity index (χ3v) is 7.13. The number of nitrogens with zero attached hydrogens (tertiary/aromatic N) is 1. The third-order valence-electron chi connectivity index (χ3n) is 5.32. The van der Waals surface area contributed by atoms with E-state index in [9.17, 15) is 13.2 Å². The molecule has 0 aliphatic heterocycles. The molecule has 7 heteroatoms. The fraction of sp³-hybridized carbons (Fsp3) is 0.269. The molecule has 0 bridgehead atoms. The van der Waals surface area contributed by atoms with Gasteiger partial charge in [-0.25, -0.2) is 8.42 Å². The van der Waals surface area contributed by atoms with E-state index in [0.29, 0.717) is 11.6 Å². The van der Waals surface area contributed by atoms with Gasteiger partial charge in [0.2, 0.25) is 15.9 Å². The van der Waals surface area contributed by atoms with E-state index in [1.165, 1.54) is 11.4 Å². The Hall–Kier alpha value is -3.16. The molecule has 0 atom stereocenters. The van der Waals surface area contributed by atoms with Crippen LogP contribution in [0.1, 0.15) is 36.5 Å². The minimum absolute atomic E-state index is 0.0371. The zero-order valence-corrected chi connectivity index (χ0v) is 20.2. The summed E-state index contributed by atoms with van der Waals surface area (Å²) < 4.78 is 33.8. The largest absolute Gasteiger partial charge is 0.495 e. The molecule has 3 aromatic carbocycles. The Morgan fingerprint density at radius 1 is 1.00 bits per heavy atom. The van der Waals surface area contributed by atoms with E-state index in [4.69, 9.17) is 4.74 Å². The van der Waals surface area contributed by atoms with E-state index >= 15 is 0 Å². The smallest absolute Gasteiger partial charge is 0.247 e. The molecule has 0 aliphatic rings. The Labute approximate surface area is 196 Å². The highest BCUT2D eigenvalue weighted by Crippen LogP contribution is 2.29. The zero-order chi connectivity index (χ0) is 24.0. The van der Waals surface area contributed by atoms with E-state index in [2.05, 4.69) is 19.2 Å². The first-order valence-electron chi connectivity index (χ1n) is 10.8. The lowest BCUT2D eigenvalue weighted by molar-refractivity contribution is -0.116. The molecule has 0 fully saturated rings. The van der Waals surface area contributed by atoms with E-state index in [1.54, 1.807) is 18.2 Å². The number of anilines is 1. The molecule has 6 nitrogen and oxygen atoms in total. The summed E-state index contributed by atoms with van der Waals surface area (Å²) >= 11 is 0. The lowest BCUT2D eigenvalue weighted by atomic mass is 10.0. The van der Waals surface area contributed by atoms with Gasteiger partial charge in [-0.2, -0.15) is 4.31 Å². The van der Waals surface area contributed by atoms with Gasteiger partial charge in [0.05, 0.1) is 13.7 Å². The van der Waals surface area contributed by atoms with Crippen molar-refractivity contribution >= 4 is 21.6 Å². The minimum Gasteiger partial charge on any atom is -0.495 e. The van der Waals surface area contributed by atoms with Crippen LogP contribution in [0.4, 0.5) is 5.69 Å². The maximum absolute atomic E-state index is 13.6. The molecule has 1 amide bonds. The number of nitrogens with one attached hydrogen (secondary N) is 1. The van der Waals surface area contributed by atoms with Gasteiger partial charge in [-0.15, -0.1) is 0 Å². The second-order valence-corrected chi connectivity index (χ2v) is 10.1. The molecule has 0 saturated carbocycles. The molecular weight excluding hydrogens is 436 g/mol. The molecule has 174 valence electrons. The number of hydrogen-bond acceptors (Lipinski definition) is 4. The normalized spacial score (nSPS) is 11.6. The number of rotatable bonds is 9. The number of methoxy groups -OCH3 is 1. The number of benzene rings is 3. The number of amides is 1. The van der Waals surface area contributed by atoms with Crippen molar-refractivity contribution in [2.24, 2.45) is 0 Å². The van der Waals surface area contributed by atoms with Crippen LogP contribution >= 0.6 is 0 Å². The SMILES string of the molecule is COc1ccc(C)cc1S(=O)(=O)N(CC(=O)Nc1ccc(C(C)C)cc1)Cc1ccccc1. The number of carbonyl (C=O) groups is 1. The van der Waals surface area contributed by atoms with Crippen molar-refractivity contribution < 1.29 is 17.9 Å². The zero-order valence-electron chi connectivity index (χ0n) is 19.4. The molecule has 0 aromatic heterocycles. The number of sulfonamides is 1. The van der Waals surface area contributed by atoms with Crippen molar-refractivity contribution in [3.05, 3.63) is 89.5 Å². The van der Waals surface area contributed by atoms with Crippen LogP contribution in [-0.4, -0.2) is 32.3 Å². The van der Waals surface area contributed by atoms with Crippen molar-refractivity contribution in [3.8, 4) is 5.75 Å². The van der Waals surface area contributed by atoms with Crippen molar-refractivity contribution in [1.82, 2.24) is 4.31 Å². The second-order valence-electron chi connectivity index (χ2n) is 8.24. The van der Waals surface area contributed by atoms with E-state index in [0.717, 1.165) is 16.7 Å². The van der Waals surface area contributed by atoms with E-state index < -0.39 is 15.9 Å². The van der Waals surface area contributed by atoms with E-state index in [1.807, 2.05) is 61.5 Å². The Bertz CT molecular complexity index is 1190. The maximum Gasteiger partial charge on any atom is 0.247 e. The summed E-state index contributed by atoms with van der Waals surface area (Å²) in [7, 11) is -2.59. The molecule has 0 heterocycles. The average molecular weight is 467 g/mol. The Balaban J connectivity index is 1.89. The molecule has 1 N–H and O–H groups in total. The van der Waals surface area contributed by atoms with Crippen molar-refractivity contribution in [1.29, 1.82) is 0 Å². The summed E-state index contributed by atoms with van der Waals surface area (Å²) in [6.07, 6.45) is 0. The predicted octanol–water partition coefficient (Wildman–Crippen LogP) is 4.96. The van der Waals surface area contributed by atoms with Crippen molar-refractivity contribution in [3.63, 3.8) is 0 Å². The van der Waals surface area contributed by atoms with Crippen LogP contribution in [0.25, 0.3) is 0 Å². The maximum atomic E-state index is 13.6. The molecular formula is C26H30N2O4S. The summed E-state index contributed by atoms with van der Waals surface area (Å²) in [6.45, 7) is 5.73. The summed E-state index contributed by atoms with van der Waals surface area (Å²) in [5.41, 5.74) is 3.34. The second kappa shape index (κ2) is 10.6. The first kappa shape index (κ1) is 24.5. The van der Waals surface area contributed by atoms with Gasteiger partial charge in [0.25, 0.3) is 0 Å². The van der Waals surface area contributed by atoms with Gasteiger partial charge in [0.15, 0.2) is 0 Å². The summed E-state index contributed by atoms with van der Waals surface area (Å²) in [5, 5.41) is 2.81. The average Bonchev–Trinajstić information content (AvgIpc) is 2.79. The van der Waals surface area contributed by atoms with Crippen LogP contribution in [0.3, 0.4) is 0 Å². The summed E-state index contributed by atoms with van der Waals surface area (Å²) in [5.74, 6) is 0.201. The van der Waals surface area contributed by atoms with Gasteiger partial charge in [0, 0.05) is 12.2 Å². The quantitative estimate of drug-likeness (QED) is 0.484. The topological polar surface area (TPSA) is 75.7 Å². The Kier molecular flexibility index (Phi) is 7.89. The summed E-state index contributed by atoms with van der Waals surface area (Å²) in [4.78, 5) is 12.9. The van der Waals surface area contributed by atoms with Gasteiger partial charge >= 0.3 is 0 Å². The van der Waals surface area contributed by atoms with Gasteiger partial charge < -0.3 is 10.1 Å². The van der Waals surface area contributed by atoms with Crippen LogP contribution in [-0.2, 0) is 21.4 Å². The monoisotopic (exact) mass is 466 g/mol. The molecule has 3 aromatic rings. The van der Waals surface area contributed by atoms with E-state index in [-0.39, 0.29) is 23.7 Å². The third kappa shape index (κ3) is 6.21. The molecule has 0 unspecified atom stereocenters. The molecule has 0 saturated heterocycles. The Morgan fingerprint density at radius 2 is 1.67 bits per heavy atom. The lowest BCUT2D eigenvalue weighted by Gasteiger charge is -2.23. The van der Waals surface area contributed by atoms with Crippen molar-refractivity contribution in [2.45, 2.75) is 38.1 Å². The minimum atomic E-state index is -4.02. The highest BCUT2D eigenvalue weighted by Gasteiger charge is 2.30. The number of carbonyl (C=O) groups excluding carboxylic acids is 1. The van der Waals surface area contributed by atoms with Crippen molar-refractivity contribution in [2.75, 3.05) is 19.0 Å². The number of ether oxygens (including phenoxy) is 1. The van der Waals surface area contributed by atoms with Gasteiger partial charge in [0.1, 0.15) is 10.6 Å². The predicted molar refractivity (Wildman–Crippen MR) is 131 cm³/mol. The molecule has 0 spiro atoms. The molecule has 33 heavy (non-hydrogen) atoms. The lowest BCUT2D eigenvalue weighted by Crippen LogP contribution is -2.37. The highest BCUT2D eigenvalue weighted by atomic mass is 32.2. The molecule has 3 rings (SSSR count). The van der Waals surface area contributed by atoms with Gasteiger partial charge in [-0.05, 0) is 53.8 Å². The van der Waals surface area contributed by atoms with Gasteiger partial charge in [-0.1, -0.05) is 62.4 Å².